The van der Waals surface area contributed by atoms with Gasteiger partial charge in [-0.15, -0.1) is 11.3 Å². The maximum atomic E-state index is 13.6. The molecule has 36 heavy (non-hydrogen) atoms. The molecule has 1 aliphatic heterocycles. The Balaban J connectivity index is 1.52. The van der Waals surface area contributed by atoms with E-state index in [9.17, 15) is 9.18 Å². The van der Waals surface area contributed by atoms with E-state index in [4.69, 9.17) is 22.3 Å². The Hall–Kier alpha value is -3.56. The van der Waals surface area contributed by atoms with Crippen LogP contribution in [0.2, 0.25) is 5.02 Å². The monoisotopic (exact) mass is 522 g/mol. The summed E-state index contributed by atoms with van der Waals surface area (Å²) in [5, 5.41) is 0.949. The Morgan fingerprint density at radius 3 is 2.42 bits per heavy atom. The van der Waals surface area contributed by atoms with Crippen LogP contribution >= 0.6 is 22.9 Å². The summed E-state index contributed by atoms with van der Waals surface area (Å²) in [6.45, 7) is 7.30. The van der Waals surface area contributed by atoms with Crippen molar-refractivity contribution >= 4 is 46.3 Å². The van der Waals surface area contributed by atoms with Crippen molar-refractivity contribution in [3.63, 3.8) is 0 Å². The van der Waals surface area contributed by atoms with E-state index < -0.39 is 5.82 Å². The molecule has 2 aromatic carbocycles. The third-order valence-electron chi connectivity index (χ3n) is 5.83. The van der Waals surface area contributed by atoms with Gasteiger partial charge in [0.1, 0.15) is 11.5 Å². The number of nitrogens with zero attached hydrogens (tertiary/aromatic N) is 5. The maximum absolute atomic E-state index is 13.6. The molecule has 4 aromatic rings. The summed E-state index contributed by atoms with van der Waals surface area (Å²) in [6.07, 6.45) is 1.62. The van der Waals surface area contributed by atoms with E-state index in [1.54, 1.807) is 39.5 Å². The summed E-state index contributed by atoms with van der Waals surface area (Å²) in [5.41, 5.74) is 9.31. The Kier molecular flexibility index (Phi) is 6.13. The molecular weight excluding hydrogens is 499 g/mol. The van der Waals surface area contributed by atoms with Gasteiger partial charge in [-0.2, -0.15) is 0 Å². The molecule has 0 atom stereocenters. The smallest absolute Gasteiger partial charge is 0.329 e. The summed E-state index contributed by atoms with van der Waals surface area (Å²) < 4.78 is 13.6. The van der Waals surface area contributed by atoms with Crippen LogP contribution in [0.3, 0.4) is 0 Å². The first-order chi connectivity index (χ1) is 17.1. The van der Waals surface area contributed by atoms with Gasteiger partial charge in [-0.3, -0.25) is 9.80 Å². The van der Waals surface area contributed by atoms with Gasteiger partial charge in [-0.25, -0.2) is 24.1 Å². The van der Waals surface area contributed by atoms with Crippen molar-refractivity contribution in [1.29, 1.82) is 0 Å². The Morgan fingerprint density at radius 2 is 1.75 bits per heavy atom. The number of nitrogen functional groups attached to an aromatic ring is 1. The van der Waals surface area contributed by atoms with Crippen LogP contribution in [-0.4, -0.2) is 34.1 Å². The van der Waals surface area contributed by atoms with Crippen LogP contribution in [0.1, 0.15) is 25.8 Å². The van der Waals surface area contributed by atoms with Gasteiger partial charge in [0.25, 0.3) is 0 Å². The Morgan fingerprint density at radius 1 is 1.03 bits per heavy atom. The maximum Gasteiger partial charge on any atom is 0.329 e. The fraction of sp³-hybridized carbons (Fsp3) is 0.231. The fourth-order valence-electron chi connectivity index (χ4n) is 4.00. The number of amides is 2. The molecule has 7 nitrogen and oxygen atoms in total. The predicted molar refractivity (Wildman–Crippen MR) is 143 cm³/mol. The zero-order valence-corrected chi connectivity index (χ0v) is 21.6. The molecule has 2 N–H and O–H groups in total. The minimum Gasteiger partial charge on any atom is -0.368 e. The van der Waals surface area contributed by atoms with E-state index in [-0.39, 0.29) is 22.4 Å². The average molecular weight is 523 g/mol. The highest BCUT2D eigenvalue weighted by molar-refractivity contribution is 7.15. The number of rotatable bonds is 4. The van der Waals surface area contributed by atoms with Gasteiger partial charge in [-0.1, -0.05) is 44.5 Å². The summed E-state index contributed by atoms with van der Waals surface area (Å²) in [5.74, 6) is -0.335. The third-order valence-corrected chi connectivity index (χ3v) is 7.65. The average Bonchev–Trinajstić information content (AvgIpc) is 3.45. The number of benzene rings is 2. The topological polar surface area (TPSA) is 88.2 Å². The van der Waals surface area contributed by atoms with Crippen molar-refractivity contribution in [3.8, 4) is 21.8 Å². The van der Waals surface area contributed by atoms with Gasteiger partial charge in [-0.05, 0) is 42.0 Å². The lowest BCUT2D eigenvalue weighted by molar-refractivity contribution is 0.256. The van der Waals surface area contributed by atoms with Gasteiger partial charge in [0.2, 0.25) is 5.95 Å². The second-order valence-corrected chi connectivity index (χ2v) is 10.9. The van der Waals surface area contributed by atoms with Crippen molar-refractivity contribution in [2.24, 2.45) is 0 Å². The van der Waals surface area contributed by atoms with E-state index in [0.29, 0.717) is 24.5 Å². The molecule has 0 spiro atoms. The van der Waals surface area contributed by atoms with Crippen LogP contribution < -0.4 is 15.5 Å². The minimum absolute atomic E-state index is 0.0153. The van der Waals surface area contributed by atoms with Crippen molar-refractivity contribution < 1.29 is 9.18 Å². The number of hydrogen-bond acceptors (Lipinski definition) is 6. The molecule has 184 valence electrons. The highest BCUT2D eigenvalue weighted by Crippen LogP contribution is 2.41. The van der Waals surface area contributed by atoms with Gasteiger partial charge in [0.05, 0.1) is 20.6 Å². The molecule has 10 heteroatoms. The third kappa shape index (κ3) is 4.52. The SMILES string of the molecule is CC(C)(C)c1nc(-c2ccnc(N)n2)c(-c2cccc(N3CCN(c4ccc(F)c(Cl)c4)C3=O)c2)s1. The molecule has 0 saturated carbocycles. The lowest BCUT2D eigenvalue weighted by Gasteiger charge is -2.19. The molecule has 3 heterocycles. The molecule has 1 aliphatic rings. The first-order valence-electron chi connectivity index (χ1n) is 11.4. The largest absolute Gasteiger partial charge is 0.368 e. The number of thiazole rings is 1. The Labute approximate surface area is 217 Å². The lowest BCUT2D eigenvalue weighted by atomic mass is 9.98. The molecule has 0 aliphatic carbocycles. The standard InChI is InChI=1S/C26H24ClFN6OS/c1-26(2,3)23-32-21(20-9-10-30-24(29)31-20)22(36-23)15-5-4-6-16(13-15)33-11-12-34(25(33)35)17-7-8-19(28)18(27)14-17/h4-10,13-14H,11-12H2,1-3H3,(H2,29,30,31). The number of aromatic nitrogens is 3. The number of anilines is 3. The van der Waals surface area contributed by atoms with Gasteiger partial charge in [0, 0.05) is 36.1 Å². The second kappa shape index (κ2) is 9.15. The summed E-state index contributed by atoms with van der Waals surface area (Å²) in [4.78, 5) is 30.8. The number of hydrogen-bond donors (Lipinski definition) is 1. The number of carbonyl (C=O) groups excluding carboxylic acids is 1. The molecule has 1 fully saturated rings. The Bertz CT molecular complexity index is 1470. The van der Waals surface area contributed by atoms with Crippen molar-refractivity contribution in [3.05, 3.63) is 70.6 Å². The van der Waals surface area contributed by atoms with E-state index in [2.05, 4.69) is 30.7 Å². The van der Waals surface area contributed by atoms with Gasteiger partial charge >= 0.3 is 6.03 Å². The van der Waals surface area contributed by atoms with Gasteiger partial charge in [0.15, 0.2) is 0 Å². The predicted octanol–water partition coefficient (Wildman–Crippen LogP) is 6.39. The molecule has 5 rings (SSSR count). The molecule has 1 saturated heterocycles. The van der Waals surface area contributed by atoms with Crippen LogP contribution in [0.25, 0.3) is 21.8 Å². The quantitative estimate of drug-likeness (QED) is 0.335. The molecule has 0 bridgehead atoms. The van der Waals surface area contributed by atoms with Crippen LogP contribution in [0.15, 0.2) is 54.7 Å². The number of carbonyl (C=O) groups is 1. The highest BCUT2D eigenvalue weighted by atomic mass is 35.5. The fourth-order valence-corrected chi connectivity index (χ4v) is 5.30. The van der Waals surface area contributed by atoms with Crippen LogP contribution in [0.5, 0.6) is 0 Å². The van der Waals surface area contributed by atoms with Crippen LogP contribution in [0, 0.1) is 5.82 Å². The highest BCUT2D eigenvalue weighted by Gasteiger charge is 2.31. The van der Waals surface area contributed by atoms with Crippen LogP contribution in [-0.2, 0) is 5.41 Å². The summed E-state index contributed by atoms with van der Waals surface area (Å²) >= 11 is 7.54. The minimum atomic E-state index is -0.517. The van der Waals surface area contributed by atoms with E-state index in [0.717, 1.165) is 26.8 Å². The summed E-state index contributed by atoms with van der Waals surface area (Å²) in [6, 6.07) is 13.7. The van der Waals surface area contributed by atoms with E-state index >= 15 is 0 Å². The molecule has 0 radical (unpaired) electrons. The van der Waals surface area contributed by atoms with Crippen LogP contribution in [0.4, 0.5) is 26.5 Å². The second-order valence-electron chi connectivity index (χ2n) is 9.48. The normalized spacial score (nSPS) is 14.1. The molecule has 0 unspecified atom stereocenters. The van der Waals surface area contributed by atoms with Crippen molar-refractivity contribution in [2.45, 2.75) is 26.2 Å². The molecule has 2 aromatic heterocycles. The lowest BCUT2D eigenvalue weighted by Crippen LogP contribution is -2.31. The van der Waals surface area contributed by atoms with Crippen molar-refractivity contribution in [1.82, 2.24) is 15.0 Å². The van der Waals surface area contributed by atoms with E-state index in [1.165, 1.54) is 12.1 Å². The first-order valence-corrected chi connectivity index (χ1v) is 12.6. The van der Waals surface area contributed by atoms with E-state index in [1.807, 2.05) is 24.3 Å². The zero-order chi connectivity index (χ0) is 25.6. The zero-order valence-electron chi connectivity index (χ0n) is 20.0. The number of nitrogens with two attached hydrogens (primary N) is 1. The van der Waals surface area contributed by atoms with Crippen molar-refractivity contribution in [2.75, 3.05) is 28.6 Å². The number of urea groups is 1. The number of halogens is 2. The summed E-state index contributed by atoms with van der Waals surface area (Å²) in [7, 11) is 0. The molecular formula is C26H24ClFN6OS. The first kappa shape index (κ1) is 24.1. The molecule has 2 amide bonds. The van der Waals surface area contributed by atoms with Gasteiger partial charge < -0.3 is 5.73 Å².